The van der Waals surface area contributed by atoms with Crippen molar-refractivity contribution in [2.45, 2.75) is 31.7 Å². The van der Waals surface area contributed by atoms with Gasteiger partial charge in [0, 0.05) is 17.5 Å². The van der Waals surface area contributed by atoms with Gasteiger partial charge in [0.2, 0.25) is 0 Å². The van der Waals surface area contributed by atoms with Gasteiger partial charge in [-0.3, -0.25) is 0 Å². The Morgan fingerprint density at radius 2 is 2.00 bits per heavy atom. The summed E-state index contributed by atoms with van der Waals surface area (Å²) in [6.45, 7) is 3.32. The molecular formula is C16H18FNO. The van der Waals surface area contributed by atoms with E-state index in [1.54, 1.807) is 12.1 Å². The van der Waals surface area contributed by atoms with E-state index in [0.717, 1.165) is 30.0 Å². The molecule has 19 heavy (non-hydrogen) atoms. The number of hydrogen-bond donors (Lipinski definition) is 1. The van der Waals surface area contributed by atoms with Crippen LogP contribution >= 0.6 is 0 Å². The smallest absolute Gasteiger partial charge is 0.134 e. The quantitative estimate of drug-likeness (QED) is 0.907. The molecule has 1 aliphatic rings. The molecule has 1 unspecified atom stereocenters. The first kappa shape index (κ1) is 12.4. The maximum absolute atomic E-state index is 12.9. The minimum Gasteiger partial charge on any atom is -0.461 e. The maximum atomic E-state index is 12.9. The van der Waals surface area contributed by atoms with Gasteiger partial charge >= 0.3 is 0 Å². The van der Waals surface area contributed by atoms with E-state index >= 15 is 0 Å². The van der Waals surface area contributed by atoms with E-state index in [2.05, 4.69) is 12.2 Å². The van der Waals surface area contributed by atoms with Crippen LogP contribution in [0, 0.1) is 5.82 Å². The van der Waals surface area contributed by atoms with Crippen LogP contribution in [-0.4, -0.2) is 12.1 Å². The fourth-order valence-electron chi connectivity index (χ4n) is 2.73. The Bertz CT molecular complexity index is 552. The molecule has 1 aromatic carbocycles. The molecule has 3 rings (SSSR count). The molecule has 1 N–H and O–H groups in total. The first-order valence-electron chi connectivity index (χ1n) is 6.74. The first-order chi connectivity index (χ1) is 9.15. The summed E-state index contributed by atoms with van der Waals surface area (Å²) in [4.78, 5) is 0. The topological polar surface area (TPSA) is 25.2 Å². The molecule has 0 saturated carbocycles. The number of furan rings is 1. The summed E-state index contributed by atoms with van der Waals surface area (Å²) in [5.74, 6) is 1.56. The number of hydrogen-bond acceptors (Lipinski definition) is 2. The van der Waals surface area contributed by atoms with Crippen LogP contribution in [0.2, 0.25) is 0 Å². The molecule has 0 bridgehead atoms. The van der Waals surface area contributed by atoms with E-state index in [-0.39, 0.29) is 11.4 Å². The average molecular weight is 259 g/mol. The number of nitrogens with one attached hydrogen (secondary N) is 1. The Labute approximate surface area is 112 Å². The number of halogens is 1. The van der Waals surface area contributed by atoms with Gasteiger partial charge in [-0.25, -0.2) is 4.39 Å². The van der Waals surface area contributed by atoms with E-state index in [1.807, 2.05) is 12.1 Å². The van der Waals surface area contributed by atoms with Gasteiger partial charge in [0.1, 0.15) is 17.3 Å². The van der Waals surface area contributed by atoms with Crippen molar-refractivity contribution in [3.05, 3.63) is 48.0 Å². The highest BCUT2D eigenvalue weighted by Crippen LogP contribution is 2.27. The fourth-order valence-corrected chi connectivity index (χ4v) is 2.73. The third-order valence-corrected chi connectivity index (χ3v) is 3.81. The summed E-state index contributed by atoms with van der Waals surface area (Å²) in [5.41, 5.74) is 1.06. The average Bonchev–Trinajstić information content (AvgIpc) is 3.00. The molecule has 1 aliphatic heterocycles. The predicted octanol–water partition coefficient (Wildman–Crippen LogP) is 3.77. The van der Waals surface area contributed by atoms with E-state index in [0.29, 0.717) is 0 Å². The lowest BCUT2D eigenvalue weighted by molar-refractivity contribution is 0.372. The van der Waals surface area contributed by atoms with E-state index in [4.69, 9.17) is 4.42 Å². The summed E-state index contributed by atoms with van der Waals surface area (Å²) in [6, 6.07) is 10.4. The first-order valence-corrected chi connectivity index (χ1v) is 6.74. The number of rotatable bonds is 3. The van der Waals surface area contributed by atoms with Crippen LogP contribution < -0.4 is 5.32 Å². The number of benzene rings is 1. The lowest BCUT2D eigenvalue weighted by atomic mass is 9.95. The summed E-state index contributed by atoms with van der Waals surface area (Å²) in [7, 11) is 0. The molecule has 100 valence electrons. The van der Waals surface area contributed by atoms with Crippen molar-refractivity contribution in [3.8, 4) is 11.3 Å². The summed E-state index contributed by atoms with van der Waals surface area (Å²) >= 11 is 0. The van der Waals surface area contributed by atoms with Crippen LogP contribution in [0.4, 0.5) is 4.39 Å². The Hall–Kier alpha value is -1.61. The highest BCUT2D eigenvalue weighted by Gasteiger charge is 2.29. The third kappa shape index (κ3) is 2.71. The predicted molar refractivity (Wildman–Crippen MR) is 73.4 cm³/mol. The molecule has 2 aromatic rings. The second-order valence-electron chi connectivity index (χ2n) is 5.54. The van der Waals surface area contributed by atoms with E-state index in [1.165, 1.54) is 25.0 Å². The third-order valence-electron chi connectivity index (χ3n) is 3.81. The van der Waals surface area contributed by atoms with Crippen molar-refractivity contribution in [1.29, 1.82) is 0 Å². The minimum atomic E-state index is -0.224. The van der Waals surface area contributed by atoms with Gasteiger partial charge in [-0.1, -0.05) is 0 Å². The summed E-state index contributed by atoms with van der Waals surface area (Å²) < 4.78 is 18.8. The van der Waals surface area contributed by atoms with Crippen LogP contribution in [0.25, 0.3) is 11.3 Å². The Kier molecular flexibility index (Phi) is 3.15. The van der Waals surface area contributed by atoms with Gasteiger partial charge in [0.25, 0.3) is 0 Å². The lowest BCUT2D eigenvalue weighted by Gasteiger charge is -2.22. The molecule has 1 atom stereocenters. The van der Waals surface area contributed by atoms with Crippen molar-refractivity contribution in [3.63, 3.8) is 0 Å². The molecule has 1 fully saturated rings. The van der Waals surface area contributed by atoms with Gasteiger partial charge < -0.3 is 9.73 Å². The van der Waals surface area contributed by atoms with Crippen molar-refractivity contribution < 1.29 is 8.81 Å². The normalized spacial score (nSPS) is 22.8. The fraction of sp³-hybridized carbons (Fsp3) is 0.375. The zero-order chi connectivity index (χ0) is 13.3. The summed E-state index contributed by atoms with van der Waals surface area (Å²) in [5, 5.41) is 3.53. The van der Waals surface area contributed by atoms with Gasteiger partial charge in [0.15, 0.2) is 0 Å². The molecule has 3 heteroatoms. The van der Waals surface area contributed by atoms with Gasteiger partial charge in [-0.2, -0.15) is 0 Å². The molecule has 0 amide bonds. The largest absolute Gasteiger partial charge is 0.461 e. The molecule has 0 aliphatic carbocycles. The Morgan fingerprint density at radius 3 is 2.68 bits per heavy atom. The molecular weight excluding hydrogens is 241 g/mol. The monoisotopic (exact) mass is 259 g/mol. The van der Waals surface area contributed by atoms with Crippen LogP contribution in [0.1, 0.15) is 25.5 Å². The van der Waals surface area contributed by atoms with Crippen molar-refractivity contribution in [2.24, 2.45) is 0 Å². The van der Waals surface area contributed by atoms with Gasteiger partial charge in [0.05, 0.1) is 0 Å². The zero-order valence-corrected chi connectivity index (χ0v) is 11.1. The highest BCUT2D eigenvalue weighted by molar-refractivity contribution is 5.57. The highest BCUT2D eigenvalue weighted by atomic mass is 19.1. The second kappa shape index (κ2) is 4.82. The Balaban J connectivity index is 1.77. The molecule has 0 spiro atoms. The summed E-state index contributed by atoms with van der Waals surface area (Å²) in [6.07, 6.45) is 3.30. The van der Waals surface area contributed by atoms with Crippen LogP contribution in [0.15, 0.2) is 40.8 Å². The van der Waals surface area contributed by atoms with Crippen LogP contribution in [0.3, 0.4) is 0 Å². The van der Waals surface area contributed by atoms with Crippen molar-refractivity contribution in [1.82, 2.24) is 5.32 Å². The molecule has 2 heterocycles. The SMILES string of the molecule is CC1(Cc2ccc(-c3ccc(F)cc3)o2)CCCN1. The molecule has 1 saturated heterocycles. The van der Waals surface area contributed by atoms with Crippen molar-refractivity contribution >= 4 is 0 Å². The van der Waals surface area contributed by atoms with E-state index in [9.17, 15) is 4.39 Å². The standard InChI is InChI=1S/C16H18FNO/c1-16(9-2-10-18-16)11-14-7-8-15(19-14)12-3-5-13(17)6-4-12/h3-8,18H,2,9-11H2,1H3. The van der Waals surface area contributed by atoms with Gasteiger partial charge in [-0.05, 0) is 62.7 Å². The maximum Gasteiger partial charge on any atom is 0.134 e. The molecule has 1 aromatic heterocycles. The van der Waals surface area contributed by atoms with Crippen LogP contribution in [0.5, 0.6) is 0 Å². The molecule has 0 radical (unpaired) electrons. The molecule has 2 nitrogen and oxygen atoms in total. The second-order valence-corrected chi connectivity index (χ2v) is 5.54. The van der Waals surface area contributed by atoms with E-state index < -0.39 is 0 Å². The van der Waals surface area contributed by atoms with Crippen LogP contribution in [-0.2, 0) is 6.42 Å². The minimum absolute atomic E-state index is 0.151. The van der Waals surface area contributed by atoms with Crippen molar-refractivity contribution in [2.75, 3.05) is 6.54 Å². The zero-order valence-electron chi connectivity index (χ0n) is 11.1. The Morgan fingerprint density at radius 1 is 1.21 bits per heavy atom. The van der Waals surface area contributed by atoms with Gasteiger partial charge in [-0.15, -0.1) is 0 Å². The lowest BCUT2D eigenvalue weighted by Crippen LogP contribution is -2.38.